The summed E-state index contributed by atoms with van der Waals surface area (Å²) in [5, 5.41) is 15.4. The van der Waals surface area contributed by atoms with Gasteiger partial charge >= 0.3 is 5.97 Å². The number of ether oxygens (including phenoxy) is 1. The van der Waals surface area contributed by atoms with Crippen LogP contribution in [0.5, 0.6) is 0 Å². The largest absolute Gasteiger partial charge is 0.462 e. The maximum atomic E-state index is 12.8. The molecule has 4 rings (SSSR count). The van der Waals surface area contributed by atoms with Crippen molar-refractivity contribution in [2.75, 3.05) is 17.7 Å². The van der Waals surface area contributed by atoms with E-state index in [1.807, 2.05) is 36.6 Å². The summed E-state index contributed by atoms with van der Waals surface area (Å²) in [6.07, 6.45) is 0. The standard InChI is InChI=1S/C29H27Cl2N5O4S/c1-4-40-28(39)19-7-10-21(11-8-19)33-26(37)16-41-29-35-34-25(36(29)24-13-17(2)5-6-18(24)3)15-32-27(38)22-12-9-20(30)14-23(22)31/h5-14H,4,15-16H2,1-3H3,(H,32,38)(H,33,37). The van der Waals surface area contributed by atoms with Crippen LogP contribution in [0.15, 0.2) is 65.8 Å². The fourth-order valence-corrected chi connectivity index (χ4v) is 5.13. The molecule has 0 radical (unpaired) electrons. The van der Waals surface area contributed by atoms with Crippen LogP contribution in [0.25, 0.3) is 5.69 Å². The van der Waals surface area contributed by atoms with Crippen LogP contribution in [0.3, 0.4) is 0 Å². The number of anilines is 1. The molecule has 1 aromatic heterocycles. The molecule has 0 aliphatic carbocycles. The number of hydrogen-bond acceptors (Lipinski definition) is 7. The number of carbonyl (C=O) groups excluding carboxylic acids is 3. The first-order valence-electron chi connectivity index (χ1n) is 12.6. The Labute approximate surface area is 251 Å². The number of nitrogens with zero attached hydrogens (tertiary/aromatic N) is 3. The van der Waals surface area contributed by atoms with E-state index in [1.54, 1.807) is 43.3 Å². The molecule has 41 heavy (non-hydrogen) atoms. The second-order valence-electron chi connectivity index (χ2n) is 8.97. The van der Waals surface area contributed by atoms with Gasteiger partial charge in [-0.15, -0.1) is 10.2 Å². The lowest BCUT2D eigenvalue weighted by Gasteiger charge is -2.14. The average molecular weight is 613 g/mol. The summed E-state index contributed by atoms with van der Waals surface area (Å²) < 4.78 is 6.82. The monoisotopic (exact) mass is 611 g/mol. The smallest absolute Gasteiger partial charge is 0.338 e. The highest BCUT2D eigenvalue weighted by molar-refractivity contribution is 7.99. The van der Waals surface area contributed by atoms with E-state index in [1.165, 1.54) is 17.8 Å². The van der Waals surface area contributed by atoms with Gasteiger partial charge in [0.25, 0.3) is 5.91 Å². The van der Waals surface area contributed by atoms with Gasteiger partial charge in [-0.1, -0.05) is 47.1 Å². The molecule has 0 spiro atoms. The minimum absolute atomic E-state index is 0.0510. The Bertz CT molecular complexity index is 1590. The van der Waals surface area contributed by atoms with E-state index in [4.69, 9.17) is 27.9 Å². The molecular formula is C29H27Cl2N5O4S. The van der Waals surface area contributed by atoms with Gasteiger partial charge in [-0.3, -0.25) is 14.2 Å². The zero-order valence-corrected chi connectivity index (χ0v) is 24.9. The van der Waals surface area contributed by atoms with Crippen LogP contribution in [0.4, 0.5) is 5.69 Å². The van der Waals surface area contributed by atoms with E-state index in [9.17, 15) is 14.4 Å². The molecule has 9 nitrogen and oxygen atoms in total. The average Bonchev–Trinajstić information content (AvgIpc) is 3.35. The number of hydrogen-bond donors (Lipinski definition) is 2. The molecule has 0 unspecified atom stereocenters. The van der Waals surface area contributed by atoms with Crippen LogP contribution in [0.1, 0.15) is 44.6 Å². The lowest BCUT2D eigenvalue weighted by Crippen LogP contribution is -2.25. The van der Waals surface area contributed by atoms with Crippen molar-refractivity contribution in [3.05, 3.63) is 98.8 Å². The van der Waals surface area contributed by atoms with Gasteiger partial charge in [-0.05, 0) is 80.4 Å². The molecule has 0 aliphatic rings. The van der Waals surface area contributed by atoms with Gasteiger partial charge in [-0.25, -0.2) is 4.79 Å². The Morgan fingerprint density at radius 3 is 2.44 bits per heavy atom. The zero-order chi connectivity index (χ0) is 29.5. The van der Waals surface area contributed by atoms with E-state index in [-0.39, 0.29) is 41.3 Å². The van der Waals surface area contributed by atoms with Gasteiger partial charge in [0, 0.05) is 10.7 Å². The molecule has 0 fully saturated rings. The van der Waals surface area contributed by atoms with Gasteiger partial charge in [0.1, 0.15) is 0 Å². The van der Waals surface area contributed by atoms with Crippen molar-refractivity contribution in [3.63, 3.8) is 0 Å². The number of thioether (sulfide) groups is 1. The predicted molar refractivity (Wildman–Crippen MR) is 160 cm³/mol. The summed E-state index contributed by atoms with van der Waals surface area (Å²) in [4.78, 5) is 37.4. The number of amides is 2. The highest BCUT2D eigenvalue weighted by atomic mass is 35.5. The van der Waals surface area contributed by atoms with E-state index in [0.29, 0.717) is 27.3 Å². The molecular weight excluding hydrogens is 585 g/mol. The summed E-state index contributed by atoms with van der Waals surface area (Å²) in [6.45, 7) is 6.03. The molecule has 4 aromatic rings. The molecule has 212 valence electrons. The van der Waals surface area contributed by atoms with E-state index < -0.39 is 5.97 Å². The van der Waals surface area contributed by atoms with Gasteiger partial charge in [0.15, 0.2) is 11.0 Å². The second-order valence-corrected chi connectivity index (χ2v) is 10.8. The maximum absolute atomic E-state index is 12.8. The van der Waals surface area contributed by atoms with E-state index >= 15 is 0 Å². The number of rotatable bonds is 10. The minimum atomic E-state index is -0.421. The number of aromatic nitrogens is 3. The first-order chi connectivity index (χ1) is 19.7. The summed E-state index contributed by atoms with van der Waals surface area (Å²) in [6, 6.07) is 17.1. The van der Waals surface area contributed by atoms with Crippen molar-refractivity contribution in [2.24, 2.45) is 0 Å². The molecule has 12 heteroatoms. The maximum Gasteiger partial charge on any atom is 0.338 e. The van der Waals surface area contributed by atoms with Gasteiger partial charge in [-0.2, -0.15) is 0 Å². The normalized spacial score (nSPS) is 10.8. The molecule has 0 bridgehead atoms. The van der Waals surface area contributed by atoms with Crippen molar-refractivity contribution in [3.8, 4) is 5.69 Å². The quantitative estimate of drug-likeness (QED) is 0.166. The first kappa shape index (κ1) is 30.1. The van der Waals surface area contributed by atoms with Crippen molar-refractivity contribution in [2.45, 2.75) is 32.5 Å². The summed E-state index contributed by atoms with van der Waals surface area (Å²) in [5.74, 6) is -0.536. The van der Waals surface area contributed by atoms with Crippen molar-refractivity contribution >= 4 is 58.4 Å². The molecule has 2 amide bonds. The lowest BCUT2D eigenvalue weighted by atomic mass is 10.1. The summed E-state index contributed by atoms with van der Waals surface area (Å²) in [5.41, 5.74) is 4.07. The van der Waals surface area contributed by atoms with Crippen LogP contribution in [0.2, 0.25) is 10.0 Å². The third-order valence-electron chi connectivity index (χ3n) is 5.90. The highest BCUT2D eigenvalue weighted by Gasteiger charge is 2.19. The Balaban J connectivity index is 1.50. The number of aryl methyl sites for hydroxylation is 2. The van der Waals surface area contributed by atoms with Crippen molar-refractivity contribution in [1.82, 2.24) is 20.1 Å². The Hall–Kier alpha value is -3.86. The van der Waals surface area contributed by atoms with E-state index in [0.717, 1.165) is 16.8 Å². The fraction of sp³-hybridized carbons (Fsp3) is 0.207. The predicted octanol–water partition coefficient (Wildman–Crippen LogP) is 6.03. The molecule has 0 atom stereocenters. The number of carbonyl (C=O) groups is 3. The third-order valence-corrected chi connectivity index (χ3v) is 7.38. The second kappa shape index (κ2) is 13.7. The van der Waals surface area contributed by atoms with Crippen LogP contribution in [-0.2, 0) is 16.1 Å². The van der Waals surface area contributed by atoms with E-state index in [2.05, 4.69) is 20.8 Å². The first-order valence-corrected chi connectivity index (χ1v) is 14.4. The molecule has 1 heterocycles. The molecule has 0 aliphatic heterocycles. The number of halogens is 2. The topological polar surface area (TPSA) is 115 Å². The zero-order valence-electron chi connectivity index (χ0n) is 22.5. The molecule has 2 N–H and O–H groups in total. The van der Waals surface area contributed by atoms with Crippen molar-refractivity contribution < 1.29 is 19.1 Å². The molecule has 0 saturated heterocycles. The van der Waals surface area contributed by atoms with Crippen LogP contribution in [-0.4, -0.2) is 44.9 Å². The Kier molecular flexibility index (Phi) is 10.0. The summed E-state index contributed by atoms with van der Waals surface area (Å²) in [7, 11) is 0. The lowest BCUT2D eigenvalue weighted by molar-refractivity contribution is -0.113. The van der Waals surface area contributed by atoms with Crippen molar-refractivity contribution in [1.29, 1.82) is 0 Å². The van der Waals surface area contributed by atoms with Crippen LogP contribution < -0.4 is 10.6 Å². The Morgan fingerprint density at radius 2 is 1.73 bits per heavy atom. The Morgan fingerprint density at radius 1 is 0.976 bits per heavy atom. The SMILES string of the molecule is CCOC(=O)c1ccc(NC(=O)CSc2nnc(CNC(=O)c3ccc(Cl)cc3Cl)n2-c2cc(C)ccc2C)cc1. The fourth-order valence-electron chi connectivity index (χ4n) is 3.87. The van der Waals surface area contributed by atoms with Gasteiger partial charge in [0.05, 0.1) is 40.7 Å². The summed E-state index contributed by atoms with van der Waals surface area (Å²) >= 11 is 13.4. The van der Waals surface area contributed by atoms with Gasteiger partial charge in [0.2, 0.25) is 5.91 Å². The highest BCUT2D eigenvalue weighted by Crippen LogP contribution is 2.26. The van der Waals surface area contributed by atoms with Crippen LogP contribution in [0, 0.1) is 13.8 Å². The number of nitrogens with one attached hydrogen (secondary N) is 2. The van der Waals surface area contributed by atoms with Gasteiger partial charge < -0.3 is 15.4 Å². The number of esters is 1. The minimum Gasteiger partial charge on any atom is -0.462 e. The van der Waals surface area contributed by atoms with Crippen LogP contribution >= 0.6 is 35.0 Å². The third kappa shape index (κ3) is 7.66. The molecule has 0 saturated carbocycles. The number of benzene rings is 3. The molecule has 3 aromatic carbocycles.